The van der Waals surface area contributed by atoms with Crippen molar-refractivity contribution in [3.8, 4) is 33.4 Å². The first-order valence-electron chi connectivity index (χ1n) is 21.9. The number of hydrogen-bond donors (Lipinski definition) is 0. The number of para-hydroxylation sites is 2. The van der Waals surface area contributed by atoms with E-state index in [4.69, 9.17) is 8.83 Å². The van der Waals surface area contributed by atoms with Crippen molar-refractivity contribution in [2.45, 2.75) is 5.41 Å². The van der Waals surface area contributed by atoms with Gasteiger partial charge >= 0.3 is 0 Å². The highest BCUT2D eigenvalue weighted by Gasteiger charge is 2.46. The van der Waals surface area contributed by atoms with Gasteiger partial charge in [-0.3, -0.25) is 0 Å². The summed E-state index contributed by atoms with van der Waals surface area (Å²) in [6, 6.07) is 84.9. The quantitative estimate of drug-likeness (QED) is 0.160. The van der Waals surface area contributed by atoms with Crippen molar-refractivity contribution >= 4 is 60.9 Å². The molecule has 1 aliphatic carbocycles. The molecule has 0 aliphatic heterocycles. The minimum atomic E-state index is -0.484. The van der Waals surface area contributed by atoms with Crippen LogP contribution in [-0.2, 0) is 5.41 Å². The molecule has 0 bridgehead atoms. The third kappa shape index (κ3) is 5.47. The predicted octanol–water partition coefficient (Wildman–Crippen LogP) is 16.7. The van der Waals surface area contributed by atoms with Gasteiger partial charge in [0.05, 0.1) is 11.1 Å². The van der Waals surface area contributed by atoms with Gasteiger partial charge < -0.3 is 13.7 Å². The minimum absolute atomic E-state index is 0.484. The zero-order chi connectivity index (χ0) is 42.2. The van der Waals surface area contributed by atoms with Crippen molar-refractivity contribution in [1.82, 2.24) is 0 Å². The molecule has 0 unspecified atom stereocenters. The van der Waals surface area contributed by atoms with Crippen LogP contribution in [0, 0.1) is 0 Å². The van der Waals surface area contributed by atoms with Gasteiger partial charge in [0.25, 0.3) is 0 Å². The van der Waals surface area contributed by atoms with E-state index in [1.165, 1.54) is 44.5 Å². The molecule has 0 N–H and O–H groups in total. The number of rotatable bonds is 7. The first kappa shape index (κ1) is 36.3. The molecule has 13 rings (SSSR count). The Morgan fingerprint density at radius 2 is 0.859 bits per heavy atom. The Balaban J connectivity index is 0.929. The van der Waals surface area contributed by atoms with Crippen LogP contribution in [0.2, 0.25) is 0 Å². The van der Waals surface area contributed by atoms with E-state index in [2.05, 4.69) is 229 Å². The zero-order valence-electron chi connectivity index (χ0n) is 34.8. The topological polar surface area (TPSA) is 29.5 Å². The molecule has 2 heterocycles. The fourth-order valence-electron chi connectivity index (χ4n) is 10.5. The van der Waals surface area contributed by atoms with Crippen molar-refractivity contribution < 1.29 is 8.83 Å². The molecule has 0 saturated heterocycles. The molecule has 3 nitrogen and oxygen atoms in total. The molecule has 0 atom stereocenters. The minimum Gasteiger partial charge on any atom is -0.456 e. The van der Waals surface area contributed by atoms with Gasteiger partial charge in [-0.25, -0.2) is 0 Å². The molecule has 0 radical (unpaired) electrons. The van der Waals surface area contributed by atoms with Gasteiger partial charge in [-0.05, 0) is 116 Å². The fourth-order valence-corrected chi connectivity index (χ4v) is 10.5. The molecule has 0 fully saturated rings. The molecular weight excluding hydrogens is 779 g/mol. The highest BCUT2D eigenvalue weighted by atomic mass is 16.3. The van der Waals surface area contributed by atoms with E-state index in [0.717, 1.165) is 72.1 Å². The van der Waals surface area contributed by atoms with E-state index in [-0.39, 0.29) is 0 Å². The van der Waals surface area contributed by atoms with Gasteiger partial charge in [0.1, 0.15) is 16.7 Å². The lowest BCUT2D eigenvalue weighted by Crippen LogP contribution is -2.28. The average Bonchev–Trinajstić information content (AvgIpc) is 4.03. The number of hydrogen-bond acceptors (Lipinski definition) is 3. The third-order valence-corrected chi connectivity index (χ3v) is 13.4. The Kier molecular flexibility index (Phi) is 8.13. The second-order valence-electron chi connectivity index (χ2n) is 16.8. The molecule has 12 aromatic rings. The Hall–Kier alpha value is -8.40. The standard InChI is InChI=1S/C61H39NO2/c1-4-15-40(16-5-1)41-27-32-46(33-28-41)62(56-25-14-23-50-49-22-11-13-26-57(49)64-60(50)56)47-34-29-42(30-35-47)43-31-36-58-52(37-43)53-38-51-48-21-10-12-24-54(48)61(44-17-6-2-7-18-44,45-19-8-3-9-20-45)55(51)39-59(53)63-58/h1-39H. The molecule has 0 saturated carbocycles. The van der Waals surface area contributed by atoms with Crippen molar-refractivity contribution in [2.75, 3.05) is 4.90 Å². The first-order chi connectivity index (χ1) is 31.7. The number of fused-ring (bicyclic) bond motifs is 9. The van der Waals surface area contributed by atoms with Crippen LogP contribution in [0.3, 0.4) is 0 Å². The van der Waals surface area contributed by atoms with Gasteiger partial charge in [-0.2, -0.15) is 0 Å². The van der Waals surface area contributed by atoms with E-state index < -0.39 is 5.41 Å². The van der Waals surface area contributed by atoms with Gasteiger partial charge in [0.15, 0.2) is 5.58 Å². The van der Waals surface area contributed by atoms with Crippen LogP contribution >= 0.6 is 0 Å². The molecule has 2 aromatic heterocycles. The molecule has 10 aromatic carbocycles. The molecule has 1 aliphatic rings. The van der Waals surface area contributed by atoms with Gasteiger partial charge in [0, 0.05) is 32.9 Å². The molecule has 300 valence electrons. The second kappa shape index (κ2) is 14.3. The van der Waals surface area contributed by atoms with Gasteiger partial charge in [-0.15, -0.1) is 0 Å². The lowest BCUT2D eigenvalue weighted by molar-refractivity contribution is 0.666. The summed E-state index contributed by atoms with van der Waals surface area (Å²) >= 11 is 0. The lowest BCUT2D eigenvalue weighted by atomic mass is 9.67. The SMILES string of the molecule is c1ccc(-c2ccc(N(c3ccc(-c4ccc5oc6cc7c(cc6c5c4)-c4ccccc4C7(c4ccccc4)c4ccccc4)cc3)c3cccc4c3oc3ccccc34)cc2)cc1. The van der Waals surface area contributed by atoms with Crippen LogP contribution in [-0.4, -0.2) is 0 Å². The van der Waals surface area contributed by atoms with Gasteiger partial charge in [-0.1, -0.05) is 176 Å². The molecular formula is C61H39NO2. The molecule has 64 heavy (non-hydrogen) atoms. The van der Waals surface area contributed by atoms with Crippen LogP contribution in [0.1, 0.15) is 22.3 Å². The van der Waals surface area contributed by atoms with E-state index in [1.54, 1.807) is 0 Å². The van der Waals surface area contributed by atoms with Gasteiger partial charge in [0.2, 0.25) is 0 Å². The zero-order valence-corrected chi connectivity index (χ0v) is 34.8. The summed E-state index contributed by atoms with van der Waals surface area (Å²) in [4.78, 5) is 2.30. The van der Waals surface area contributed by atoms with E-state index in [1.807, 2.05) is 12.1 Å². The van der Waals surface area contributed by atoms with Crippen molar-refractivity contribution in [3.63, 3.8) is 0 Å². The van der Waals surface area contributed by atoms with Crippen molar-refractivity contribution in [1.29, 1.82) is 0 Å². The third-order valence-electron chi connectivity index (χ3n) is 13.4. The van der Waals surface area contributed by atoms with Crippen LogP contribution < -0.4 is 4.90 Å². The summed E-state index contributed by atoms with van der Waals surface area (Å²) < 4.78 is 13.4. The van der Waals surface area contributed by atoms with Crippen LogP contribution in [0.25, 0.3) is 77.3 Å². The summed E-state index contributed by atoms with van der Waals surface area (Å²) in [5.74, 6) is 0. The van der Waals surface area contributed by atoms with Crippen molar-refractivity contribution in [3.05, 3.63) is 259 Å². The van der Waals surface area contributed by atoms with E-state index >= 15 is 0 Å². The summed E-state index contributed by atoms with van der Waals surface area (Å²) in [7, 11) is 0. The maximum atomic E-state index is 6.76. The lowest BCUT2D eigenvalue weighted by Gasteiger charge is -2.33. The summed E-state index contributed by atoms with van der Waals surface area (Å²) in [6.45, 7) is 0. The Bertz CT molecular complexity index is 3660. The van der Waals surface area contributed by atoms with E-state index in [0.29, 0.717) is 0 Å². The maximum Gasteiger partial charge on any atom is 0.159 e. The fraction of sp³-hybridized carbons (Fsp3) is 0.0164. The number of nitrogens with zero attached hydrogens (tertiary/aromatic N) is 1. The Morgan fingerprint density at radius 1 is 0.312 bits per heavy atom. The number of furan rings is 2. The number of anilines is 3. The van der Waals surface area contributed by atoms with Crippen LogP contribution in [0.5, 0.6) is 0 Å². The summed E-state index contributed by atoms with van der Waals surface area (Å²) in [5.41, 5.74) is 18.2. The highest BCUT2D eigenvalue weighted by Crippen LogP contribution is 2.57. The molecule has 0 amide bonds. The smallest absolute Gasteiger partial charge is 0.159 e. The average molecular weight is 818 g/mol. The van der Waals surface area contributed by atoms with Crippen molar-refractivity contribution in [2.24, 2.45) is 0 Å². The Morgan fingerprint density at radius 3 is 1.58 bits per heavy atom. The first-order valence-corrected chi connectivity index (χ1v) is 21.9. The largest absolute Gasteiger partial charge is 0.456 e. The second-order valence-corrected chi connectivity index (χ2v) is 16.8. The van der Waals surface area contributed by atoms with E-state index in [9.17, 15) is 0 Å². The monoisotopic (exact) mass is 817 g/mol. The summed E-state index contributed by atoms with van der Waals surface area (Å²) in [5, 5.41) is 4.42. The normalized spacial score (nSPS) is 12.8. The number of benzene rings is 10. The van der Waals surface area contributed by atoms with Crippen LogP contribution in [0.15, 0.2) is 245 Å². The molecule has 0 spiro atoms. The highest BCUT2D eigenvalue weighted by molar-refractivity contribution is 6.11. The summed E-state index contributed by atoms with van der Waals surface area (Å²) in [6.07, 6.45) is 0. The Labute approximate surface area is 370 Å². The maximum absolute atomic E-state index is 6.76. The van der Waals surface area contributed by atoms with Crippen LogP contribution in [0.4, 0.5) is 17.1 Å². The molecule has 3 heteroatoms. The predicted molar refractivity (Wildman–Crippen MR) is 264 cm³/mol.